The first-order valence-corrected chi connectivity index (χ1v) is 9.30. The Bertz CT molecular complexity index is 918. The monoisotopic (exact) mass is 366 g/mol. The topological polar surface area (TPSA) is 76.0 Å². The van der Waals surface area contributed by atoms with E-state index in [0.29, 0.717) is 30.0 Å². The molecule has 0 bridgehead atoms. The third-order valence-corrected chi connectivity index (χ3v) is 5.27. The third kappa shape index (κ3) is 3.39. The number of aromatic nitrogens is 2. The second kappa shape index (κ2) is 7.13. The molecule has 1 atom stereocenters. The first-order chi connectivity index (χ1) is 12.7. The van der Waals surface area contributed by atoms with Gasteiger partial charge in [0.15, 0.2) is 0 Å². The van der Waals surface area contributed by atoms with Crippen LogP contribution in [0.3, 0.4) is 0 Å². The van der Waals surface area contributed by atoms with Gasteiger partial charge in [-0.25, -0.2) is 0 Å². The van der Waals surface area contributed by atoms with Crippen LogP contribution in [0.5, 0.6) is 0 Å². The van der Waals surface area contributed by atoms with Crippen LogP contribution in [0.4, 0.5) is 0 Å². The Balaban J connectivity index is 1.38. The molecule has 3 aromatic rings. The minimum absolute atomic E-state index is 0.0472. The van der Waals surface area contributed by atoms with Crippen molar-refractivity contribution in [3.05, 3.63) is 75.7 Å². The SMILES string of the molecule is O=C(NC1Cc2c(C(=O)NCc3ccccc3)cnn2C1)c1cccs1. The van der Waals surface area contributed by atoms with Crippen molar-refractivity contribution in [2.75, 3.05) is 0 Å². The largest absolute Gasteiger partial charge is 0.348 e. The molecule has 2 amide bonds. The van der Waals surface area contributed by atoms with Crippen molar-refractivity contribution in [2.24, 2.45) is 0 Å². The zero-order valence-corrected chi connectivity index (χ0v) is 14.8. The maximum Gasteiger partial charge on any atom is 0.261 e. The van der Waals surface area contributed by atoms with Crippen molar-refractivity contribution in [1.29, 1.82) is 0 Å². The maximum absolute atomic E-state index is 12.5. The first-order valence-electron chi connectivity index (χ1n) is 8.42. The molecule has 2 aromatic heterocycles. The molecule has 3 heterocycles. The number of amides is 2. The van der Waals surface area contributed by atoms with E-state index in [-0.39, 0.29) is 17.9 Å². The minimum Gasteiger partial charge on any atom is -0.348 e. The molecule has 7 heteroatoms. The summed E-state index contributed by atoms with van der Waals surface area (Å²) in [6, 6.07) is 13.4. The molecule has 132 valence electrons. The number of nitrogens with zero attached hydrogens (tertiary/aromatic N) is 2. The summed E-state index contributed by atoms with van der Waals surface area (Å²) in [5, 5.41) is 12.1. The van der Waals surface area contributed by atoms with E-state index in [0.717, 1.165) is 11.3 Å². The van der Waals surface area contributed by atoms with Crippen LogP contribution in [-0.4, -0.2) is 27.6 Å². The van der Waals surface area contributed by atoms with Gasteiger partial charge in [0.25, 0.3) is 11.8 Å². The molecular weight excluding hydrogens is 348 g/mol. The molecular formula is C19H18N4O2S. The lowest BCUT2D eigenvalue weighted by Gasteiger charge is -2.10. The van der Waals surface area contributed by atoms with Crippen LogP contribution in [0, 0.1) is 0 Å². The van der Waals surface area contributed by atoms with Crippen LogP contribution in [0.25, 0.3) is 0 Å². The zero-order chi connectivity index (χ0) is 17.9. The normalized spacial score (nSPS) is 15.5. The van der Waals surface area contributed by atoms with Gasteiger partial charge in [0.2, 0.25) is 0 Å². The van der Waals surface area contributed by atoms with Crippen LogP contribution < -0.4 is 10.6 Å². The van der Waals surface area contributed by atoms with E-state index in [2.05, 4.69) is 15.7 Å². The highest BCUT2D eigenvalue weighted by atomic mass is 32.1. The van der Waals surface area contributed by atoms with Gasteiger partial charge in [-0.2, -0.15) is 5.10 Å². The van der Waals surface area contributed by atoms with E-state index in [4.69, 9.17) is 0 Å². The number of rotatable bonds is 5. The van der Waals surface area contributed by atoms with Crippen molar-refractivity contribution in [1.82, 2.24) is 20.4 Å². The van der Waals surface area contributed by atoms with Crippen molar-refractivity contribution in [3.8, 4) is 0 Å². The summed E-state index contributed by atoms with van der Waals surface area (Å²) in [5.74, 6) is -0.217. The molecule has 2 N–H and O–H groups in total. The van der Waals surface area contributed by atoms with E-state index in [9.17, 15) is 9.59 Å². The van der Waals surface area contributed by atoms with Gasteiger partial charge < -0.3 is 10.6 Å². The van der Waals surface area contributed by atoms with E-state index < -0.39 is 0 Å². The molecule has 4 rings (SSSR count). The molecule has 0 radical (unpaired) electrons. The number of carbonyl (C=O) groups is 2. The molecule has 0 aliphatic carbocycles. The van der Waals surface area contributed by atoms with Gasteiger partial charge in [0, 0.05) is 13.0 Å². The number of benzene rings is 1. The second-order valence-electron chi connectivity index (χ2n) is 6.21. The van der Waals surface area contributed by atoms with Gasteiger partial charge in [-0.15, -0.1) is 11.3 Å². The van der Waals surface area contributed by atoms with Gasteiger partial charge in [0.05, 0.1) is 34.9 Å². The third-order valence-electron chi connectivity index (χ3n) is 4.40. The fourth-order valence-electron chi connectivity index (χ4n) is 3.11. The Labute approximate surface area is 154 Å². The molecule has 1 aliphatic heterocycles. The lowest BCUT2D eigenvalue weighted by atomic mass is 10.1. The van der Waals surface area contributed by atoms with E-state index >= 15 is 0 Å². The molecule has 1 aliphatic rings. The first kappa shape index (κ1) is 16.5. The number of hydrogen-bond donors (Lipinski definition) is 2. The Morgan fingerprint density at radius 2 is 2.00 bits per heavy atom. The molecule has 0 saturated carbocycles. The molecule has 1 unspecified atom stereocenters. The minimum atomic E-state index is -0.139. The smallest absolute Gasteiger partial charge is 0.261 e. The van der Waals surface area contributed by atoms with Gasteiger partial charge in [-0.3, -0.25) is 14.3 Å². The molecule has 0 fully saturated rings. The van der Waals surface area contributed by atoms with Crippen LogP contribution in [0.1, 0.15) is 31.3 Å². The van der Waals surface area contributed by atoms with Gasteiger partial charge in [-0.05, 0) is 17.0 Å². The molecule has 26 heavy (non-hydrogen) atoms. The van der Waals surface area contributed by atoms with Crippen molar-refractivity contribution in [3.63, 3.8) is 0 Å². The summed E-state index contributed by atoms with van der Waals surface area (Å²) >= 11 is 1.41. The van der Waals surface area contributed by atoms with E-state index in [1.807, 2.05) is 41.8 Å². The van der Waals surface area contributed by atoms with E-state index in [1.165, 1.54) is 11.3 Å². The average Bonchev–Trinajstić information content (AvgIpc) is 3.37. The van der Waals surface area contributed by atoms with Gasteiger partial charge in [0.1, 0.15) is 0 Å². The van der Waals surface area contributed by atoms with Crippen LogP contribution in [-0.2, 0) is 19.5 Å². The summed E-state index contributed by atoms with van der Waals surface area (Å²) in [6.45, 7) is 1.06. The Kier molecular flexibility index (Phi) is 4.53. The lowest BCUT2D eigenvalue weighted by Crippen LogP contribution is -2.35. The summed E-state index contributed by atoms with van der Waals surface area (Å²) in [5.41, 5.74) is 2.49. The fraction of sp³-hybridized carbons (Fsp3) is 0.211. The van der Waals surface area contributed by atoms with Crippen molar-refractivity contribution >= 4 is 23.2 Å². The number of fused-ring (bicyclic) bond motifs is 1. The number of hydrogen-bond acceptors (Lipinski definition) is 4. The Morgan fingerprint density at radius 3 is 2.77 bits per heavy atom. The molecule has 0 spiro atoms. The van der Waals surface area contributed by atoms with Gasteiger partial charge in [-0.1, -0.05) is 36.4 Å². The van der Waals surface area contributed by atoms with Crippen LogP contribution in [0.2, 0.25) is 0 Å². The van der Waals surface area contributed by atoms with Gasteiger partial charge >= 0.3 is 0 Å². The number of thiophene rings is 1. The highest BCUT2D eigenvalue weighted by molar-refractivity contribution is 7.12. The zero-order valence-electron chi connectivity index (χ0n) is 14.0. The lowest BCUT2D eigenvalue weighted by molar-refractivity contribution is 0.0938. The summed E-state index contributed by atoms with van der Waals surface area (Å²) in [4.78, 5) is 25.4. The van der Waals surface area contributed by atoms with Crippen LogP contribution in [0.15, 0.2) is 54.0 Å². The average molecular weight is 366 g/mol. The van der Waals surface area contributed by atoms with Crippen molar-refractivity contribution < 1.29 is 9.59 Å². The van der Waals surface area contributed by atoms with Crippen molar-refractivity contribution in [2.45, 2.75) is 25.6 Å². The van der Waals surface area contributed by atoms with Crippen LogP contribution >= 0.6 is 11.3 Å². The highest BCUT2D eigenvalue weighted by Crippen LogP contribution is 2.20. The number of nitrogens with one attached hydrogen (secondary N) is 2. The molecule has 0 saturated heterocycles. The highest BCUT2D eigenvalue weighted by Gasteiger charge is 2.29. The Hall–Kier alpha value is -2.93. The Morgan fingerprint density at radius 1 is 1.15 bits per heavy atom. The summed E-state index contributed by atoms with van der Waals surface area (Å²) in [7, 11) is 0. The molecule has 1 aromatic carbocycles. The van der Waals surface area contributed by atoms with E-state index in [1.54, 1.807) is 16.9 Å². The number of carbonyl (C=O) groups excluding carboxylic acids is 2. The summed E-state index contributed by atoms with van der Waals surface area (Å²) < 4.78 is 1.80. The maximum atomic E-state index is 12.5. The fourth-order valence-corrected chi connectivity index (χ4v) is 3.74. The summed E-state index contributed by atoms with van der Waals surface area (Å²) in [6.07, 6.45) is 2.21. The predicted molar refractivity (Wildman–Crippen MR) is 99.1 cm³/mol. The second-order valence-corrected chi connectivity index (χ2v) is 7.15. The quantitative estimate of drug-likeness (QED) is 0.727. The predicted octanol–water partition coefficient (Wildman–Crippen LogP) is 2.23. The molecule has 6 nitrogen and oxygen atoms in total. The standard InChI is InChI=1S/C19H18N4O2S/c24-18(20-10-13-5-2-1-3-6-13)15-11-21-23-12-14(9-16(15)23)22-19(25)17-7-4-8-26-17/h1-8,11,14H,9-10,12H2,(H,20,24)(H,22,25).